The van der Waals surface area contributed by atoms with Gasteiger partial charge in [0.2, 0.25) is 0 Å². The lowest BCUT2D eigenvalue weighted by Crippen LogP contribution is -2.51. The third-order valence-electron chi connectivity index (χ3n) is 3.73. The van der Waals surface area contributed by atoms with Crippen molar-refractivity contribution in [1.82, 2.24) is 15.2 Å². The Kier molecular flexibility index (Phi) is 6.60. The highest BCUT2D eigenvalue weighted by Crippen LogP contribution is 2.20. The van der Waals surface area contributed by atoms with E-state index in [2.05, 4.69) is 17.2 Å². The molecule has 120 valence electrons. The van der Waals surface area contributed by atoms with Crippen LogP contribution in [0, 0.1) is 6.92 Å². The molecule has 2 heterocycles. The van der Waals surface area contributed by atoms with Crippen molar-refractivity contribution in [1.29, 1.82) is 0 Å². The Morgan fingerprint density at radius 1 is 1.32 bits per heavy atom. The normalized spacial score (nSPS) is 17.5. The minimum absolute atomic E-state index is 0. The van der Waals surface area contributed by atoms with E-state index in [-0.39, 0.29) is 30.7 Å². The predicted octanol–water partition coefficient (Wildman–Crippen LogP) is 2.82. The van der Waals surface area contributed by atoms with Crippen molar-refractivity contribution >= 4 is 41.6 Å². The van der Waals surface area contributed by atoms with Crippen LogP contribution in [0.15, 0.2) is 30.3 Å². The summed E-state index contributed by atoms with van der Waals surface area (Å²) in [7, 11) is 0. The van der Waals surface area contributed by atoms with Gasteiger partial charge in [0.1, 0.15) is 0 Å². The average molecular weight is 342 g/mol. The number of piperazine rings is 1. The summed E-state index contributed by atoms with van der Waals surface area (Å²) in [5, 5.41) is 4.30. The van der Waals surface area contributed by atoms with E-state index in [0.29, 0.717) is 6.04 Å². The van der Waals surface area contributed by atoms with Crippen LogP contribution >= 0.6 is 24.8 Å². The number of amides is 1. The molecular formula is C16H21Cl2N3O. The fourth-order valence-electron chi connectivity index (χ4n) is 2.77. The van der Waals surface area contributed by atoms with Crippen molar-refractivity contribution < 1.29 is 4.79 Å². The molecule has 1 aliphatic heterocycles. The maximum Gasteiger partial charge on any atom is 0.254 e. The topological polar surface area (TPSA) is 45.2 Å². The summed E-state index contributed by atoms with van der Waals surface area (Å²) in [5.74, 6) is 0.111. The number of fused-ring (bicyclic) bond motifs is 1. The van der Waals surface area contributed by atoms with Gasteiger partial charge in [-0.05, 0) is 26.0 Å². The molecule has 1 fully saturated rings. The largest absolute Gasteiger partial charge is 0.336 e. The fourth-order valence-corrected chi connectivity index (χ4v) is 2.77. The molecule has 1 amide bonds. The predicted molar refractivity (Wildman–Crippen MR) is 94.3 cm³/mol. The van der Waals surface area contributed by atoms with Gasteiger partial charge in [-0.25, -0.2) is 0 Å². The summed E-state index contributed by atoms with van der Waals surface area (Å²) < 4.78 is 0. The fraction of sp³-hybridized carbons (Fsp3) is 0.375. The first kappa shape index (κ1) is 18.7. The highest BCUT2D eigenvalue weighted by atomic mass is 35.5. The van der Waals surface area contributed by atoms with Gasteiger partial charge in [0.15, 0.2) is 0 Å². The van der Waals surface area contributed by atoms with Crippen molar-refractivity contribution in [2.75, 3.05) is 19.6 Å². The van der Waals surface area contributed by atoms with Gasteiger partial charge in [-0.1, -0.05) is 18.2 Å². The molecule has 1 aromatic carbocycles. The molecular weight excluding hydrogens is 321 g/mol. The van der Waals surface area contributed by atoms with Crippen LogP contribution in [-0.2, 0) is 0 Å². The molecule has 0 saturated carbocycles. The number of para-hydroxylation sites is 1. The van der Waals surface area contributed by atoms with E-state index >= 15 is 0 Å². The second-order valence-corrected chi connectivity index (χ2v) is 5.43. The number of hydrogen-bond donors (Lipinski definition) is 1. The maximum absolute atomic E-state index is 12.8. The van der Waals surface area contributed by atoms with Crippen LogP contribution in [-0.4, -0.2) is 41.5 Å². The smallest absolute Gasteiger partial charge is 0.254 e. The van der Waals surface area contributed by atoms with E-state index < -0.39 is 0 Å². The lowest BCUT2D eigenvalue weighted by molar-refractivity contribution is 0.0711. The minimum Gasteiger partial charge on any atom is -0.336 e. The number of pyridine rings is 1. The summed E-state index contributed by atoms with van der Waals surface area (Å²) in [5.41, 5.74) is 2.54. The van der Waals surface area contributed by atoms with Gasteiger partial charge in [-0.2, -0.15) is 0 Å². The first-order valence-electron chi connectivity index (χ1n) is 7.04. The van der Waals surface area contributed by atoms with Crippen LogP contribution in [0.4, 0.5) is 0 Å². The zero-order valence-electron chi connectivity index (χ0n) is 12.7. The van der Waals surface area contributed by atoms with Crippen LogP contribution in [0.3, 0.4) is 0 Å². The molecule has 0 radical (unpaired) electrons. The summed E-state index contributed by atoms with van der Waals surface area (Å²) in [4.78, 5) is 19.2. The third kappa shape index (κ3) is 3.69. The van der Waals surface area contributed by atoms with Crippen molar-refractivity contribution in [3.63, 3.8) is 0 Å². The van der Waals surface area contributed by atoms with E-state index in [0.717, 1.165) is 41.8 Å². The number of carbonyl (C=O) groups is 1. The van der Waals surface area contributed by atoms with E-state index in [1.807, 2.05) is 42.2 Å². The molecule has 22 heavy (non-hydrogen) atoms. The molecule has 1 saturated heterocycles. The highest BCUT2D eigenvalue weighted by Gasteiger charge is 2.23. The Bertz CT molecular complexity index is 663. The van der Waals surface area contributed by atoms with Gasteiger partial charge in [0.25, 0.3) is 5.91 Å². The zero-order chi connectivity index (χ0) is 14.1. The van der Waals surface area contributed by atoms with Gasteiger partial charge < -0.3 is 10.2 Å². The molecule has 3 rings (SSSR count). The van der Waals surface area contributed by atoms with E-state index in [1.165, 1.54) is 0 Å². The Labute approximate surface area is 143 Å². The Morgan fingerprint density at radius 3 is 2.77 bits per heavy atom. The third-order valence-corrected chi connectivity index (χ3v) is 3.73. The molecule has 2 aromatic rings. The Morgan fingerprint density at radius 2 is 2.05 bits per heavy atom. The quantitative estimate of drug-likeness (QED) is 0.867. The second kappa shape index (κ2) is 7.77. The SMILES string of the molecule is Cc1cc(C(=O)N2CCNC(C)C2)c2ccccc2n1.Cl.Cl. The van der Waals surface area contributed by atoms with E-state index in [4.69, 9.17) is 0 Å². The molecule has 0 bridgehead atoms. The molecule has 1 unspecified atom stereocenters. The number of aromatic nitrogens is 1. The minimum atomic E-state index is 0. The molecule has 1 aliphatic rings. The number of rotatable bonds is 1. The number of halogens is 2. The van der Waals surface area contributed by atoms with E-state index in [9.17, 15) is 4.79 Å². The van der Waals surface area contributed by atoms with Crippen molar-refractivity contribution in [2.45, 2.75) is 19.9 Å². The maximum atomic E-state index is 12.8. The molecule has 0 aliphatic carbocycles. The van der Waals surface area contributed by atoms with Gasteiger partial charge in [-0.3, -0.25) is 9.78 Å². The molecule has 0 spiro atoms. The average Bonchev–Trinajstić information content (AvgIpc) is 2.45. The lowest BCUT2D eigenvalue weighted by Gasteiger charge is -2.32. The van der Waals surface area contributed by atoms with Gasteiger partial charge >= 0.3 is 0 Å². The number of carbonyl (C=O) groups excluding carboxylic acids is 1. The van der Waals surface area contributed by atoms with Gasteiger partial charge in [0, 0.05) is 36.8 Å². The first-order chi connectivity index (χ1) is 9.65. The Hall–Kier alpha value is -1.36. The van der Waals surface area contributed by atoms with Crippen LogP contribution in [0.25, 0.3) is 10.9 Å². The van der Waals surface area contributed by atoms with Crippen LogP contribution in [0.2, 0.25) is 0 Å². The first-order valence-corrected chi connectivity index (χ1v) is 7.04. The zero-order valence-corrected chi connectivity index (χ0v) is 14.3. The molecule has 1 aromatic heterocycles. The molecule has 4 nitrogen and oxygen atoms in total. The van der Waals surface area contributed by atoms with Crippen LogP contribution in [0.5, 0.6) is 0 Å². The van der Waals surface area contributed by atoms with E-state index in [1.54, 1.807) is 0 Å². The number of nitrogens with one attached hydrogen (secondary N) is 1. The van der Waals surface area contributed by atoms with Crippen molar-refractivity contribution in [3.8, 4) is 0 Å². The van der Waals surface area contributed by atoms with Gasteiger partial charge in [-0.15, -0.1) is 24.8 Å². The second-order valence-electron chi connectivity index (χ2n) is 5.43. The number of aryl methyl sites for hydroxylation is 1. The van der Waals surface area contributed by atoms with Crippen LogP contribution in [0.1, 0.15) is 23.0 Å². The summed E-state index contributed by atoms with van der Waals surface area (Å²) in [6, 6.07) is 10.1. The van der Waals surface area contributed by atoms with Crippen molar-refractivity contribution in [2.24, 2.45) is 0 Å². The molecule has 1 N–H and O–H groups in total. The number of nitrogens with zero attached hydrogens (tertiary/aromatic N) is 2. The lowest BCUT2D eigenvalue weighted by atomic mass is 10.1. The standard InChI is InChI=1S/C16H19N3O.2ClH/c1-11-9-14(13-5-3-4-6-15(13)18-11)16(20)19-8-7-17-12(2)10-19;;/h3-6,9,12,17H,7-8,10H2,1-2H3;2*1H. The summed E-state index contributed by atoms with van der Waals surface area (Å²) in [6.45, 7) is 6.42. The summed E-state index contributed by atoms with van der Waals surface area (Å²) >= 11 is 0. The van der Waals surface area contributed by atoms with Crippen LogP contribution < -0.4 is 5.32 Å². The van der Waals surface area contributed by atoms with Gasteiger partial charge in [0.05, 0.1) is 11.1 Å². The highest BCUT2D eigenvalue weighted by molar-refractivity contribution is 6.06. The van der Waals surface area contributed by atoms with Crippen molar-refractivity contribution in [3.05, 3.63) is 41.6 Å². The monoisotopic (exact) mass is 341 g/mol. The Balaban J connectivity index is 0.00000121. The summed E-state index contributed by atoms with van der Waals surface area (Å²) in [6.07, 6.45) is 0. The number of benzene rings is 1. The molecule has 6 heteroatoms. The molecule has 1 atom stereocenters. The number of hydrogen-bond acceptors (Lipinski definition) is 3.